The van der Waals surface area contributed by atoms with Gasteiger partial charge in [0.2, 0.25) is 0 Å². The maximum atomic E-state index is 14.5. The Morgan fingerprint density at radius 2 is 1.81 bits per heavy atom. The highest BCUT2D eigenvalue weighted by molar-refractivity contribution is 6.04. The molecule has 14 heteroatoms. The summed E-state index contributed by atoms with van der Waals surface area (Å²) in [7, 11) is 1.78. The van der Waals surface area contributed by atoms with Crippen LogP contribution in [0.5, 0.6) is 0 Å². The zero-order chi connectivity index (χ0) is 26.9. The summed E-state index contributed by atoms with van der Waals surface area (Å²) in [4.78, 5) is 30.5. The first-order chi connectivity index (χ1) is 17.4. The first-order valence-corrected chi connectivity index (χ1v) is 11.4. The topological polar surface area (TPSA) is 116 Å². The molecule has 2 amide bonds. The molecule has 198 valence electrons. The Morgan fingerprint density at radius 1 is 1.14 bits per heavy atom. The number of carbonyl (C=O) groups excluding carboxylic acids is 1. The van der Waals surface area contributed by atoms with Gasteiger partial charge in [0.1, 0.15) is 11.6 Å². The predicted octanol–water partition coefficient (Wildman–Crippen LogP) is 3.05. The average Bonchev–Trinajstić information content (AvgIpc) is 3.41. The SMILES string of the molecule is Cc1cc(N2CCNCC2)c2c(n1)N(C(=O)Nc1cc3cn(C)nc3cc1F)CC2.O=C(O)C(F)(F)F. The Balaban J connectivity index is 0.000000405. The van der Waals surface area contributed by atoms with Crippen LogP contribution in [0.1, 0.15) is 11.3 Å². The number of hydrogen-bond donors (Lipinski definition) is 3. The summed E-state index contributed by atoms with van der Waals surface area (Å²) in [5.74, 6) is -2.59. The number of carboxylic acids is 1. The number of benzene rings is 1. The molecule has 0 radical (unpaired) electrons. The minimum atomic E-state index is -5.08. The van der Waals surface area contributed by atoms with Crippen molar-refractivity contribution in [2.24, 2.45) is 7.05 Å². The van der Waals surface area contributed by atoms with E-state index < -0.39 is 18.0 Å². The second kappa shape index (κ2) is 10.2. The van der Waals surface area contributed by atoms with E-state index in [4.69, 9.17) is 9.90 Å². The number of carbonyl (C=O) groups is 2. The van der Waals surface area contributed by atoms with Crippen molar-refractivity contribution < 1.29 is 32.3 Å². The van der Waals surface area contributed by atoms with Crippen molar-refractivity contribution in [3.05, 3.63) is 41.5 Å². The Labute approximate surface area is 208 Å². The molecule has 0 bridgehead atoms. The van der Waals surface area contributed by atoms with Crippen LogP contribution in [0.25, 0.3) is 10.9 Å². The van der Waals surface area contributed by atoms with Gasteiger partial charge in [0, 0.05) is 74.4 Å². The molecule has 3 aromatic rings. The number of alkyl halides is 3. The van der Waals surface area contributed by atoms with Gasteiger partial charge in [0.15, 0.2) is 0 Å². The molecule has 3 N–H and O–H groups in total. The van der Waals surface area contributed by atoms with Crippen LogP contribution in [-0.2, 0) is 18.3 Å². The lowest BCUT2D eigenvalue weighted by Gasteiger charge is -2.31. The van der Waals surface area contributed by atoms with E-state index >= 15 is 0 Å². The fraction of sp³-hybridized carbons (Fsp3) is 0.391. The first kappa shape index (κ1) is 26.1. The van der Waals surface area contributed by atoms with Crippen LogP contribution >= 0.6 is 0 Å². The summed E-state index contributed by atoms with van der Waals surface area (Å²) >= 11 is 0. The summed E-state index contributed by atoms with van der Waals surface area (Å²) in [6.07, 6.45) is -2.56. The summed E-state index contributed by atoms with van der Waals surface area (Å²) in [5, 5.41) is 18.2. The molecular formula is C23H25F4N7O3. The van der Waals surface area contributed by atoms with Crippen LogP contribution in [0.15, 0.2) is 24.4 Å². The van der Waals surface area contributed by atoms with Crippen molar-refractivity contribution in [3.8, 4) is 0 Å². The first-order valence-electron chi connectivity index (χ1n) is 11.4. The van der Waals surface area contributed by atoms with Gasteiger partial charge in [-0.05, 0) is 25.5 Å². The van der Waals surface area contributed by atoms with E-state index in [0.29, 0.717) is 17.9 Å². The van der Waals surface area contributed by atoms with Gasteiger partial charge in [-0.2, -0.15) is 18.3 Å². The highest BCUT2D eigenvalue weighted by Crippen LogP contribution is 2.35. The van der Waals surface area contributed by atoms with Gasteiger partial charge in [-0.25, -0.2) is 19.0 Å². The molecular weight excluding hydrogens is 498 g/mol. The van der Waals surface area contributed by atoms with Crippen molar-refractivity contribution in [3.63, 3.8) is 0 Å². The Hall–Kier alpha value is -3.94. The third-order valence-corrected chi connectivity index (χ3v) is 5.94. The fourth-order valence-corrected chi connectivity index (χ4v) is 4.29. The molecule has 2 aliphatic rings. The lowest BCUT2D eigenvalue weighted by Crippen LogP contribution is -2.44. The fourth-order valence-electron chi connectivity index (χ4n) is 4.29. The minimum absolute atomic E-state index is 0.143. The number of nitrogens with one attached hydrogen (secondary N) is 2. The number of carboxylic acid groups (broad SMARTS) is 1. The quantitative estimate of drug-likeness (QED) is 0.443. The van der Waals surface area contributed by atoms with E-state index in [0.717, 1.165) is 54.9 Å². The molecule has 0 unspecified atom stereocenters. The number of aliphatic carboxylic acids is 1. The minimum Gasteiger partial charge on any atom is -0.475 e. The van der Waals surface area contributed by atoms with Crippen molar-refractivity contribution in [2.75, 3.05) is 47.8 Å². The van der Waals surface area contributed by atoms with Gasteiger partial charge in [0.25, 0.3) is 0 Å². The molecule has 0 atom stereocenters. The molecule has 1 fully saturated rings. The molecule has 0 saturated carbocycles. The zero-order valence-corrected chi connectivity index (χ0v) is 20.1. The van der Waals surface area contributed by atoms with Gasteiger partial charge >= 0.3 is 18.2 Å². The van der Waals surface area contributed by atoms with Crippen LogP contribution in [0.3, 0.4) is 0 Å². The molecule has 2 aromatic heterocycles. The third-order valence-electron chi connectivity index (χ3n) is 5.94. The molecule has 2 aliphatic heterocycles. The van der Waals surface area contributed by atoms with E-state index in [1.807, 2.05) is 6.92 Å². The summed E-state index contributed by atoms with van der Waals surface area (Å²) in [5.41, 5.74) is 3.80. The molecule has 5 rings (SSSR count). The smallest absolute Gasteiger partial charge is 0.475 e. The summed E-state index contributed by atoms with van der Waals surface area (Å²) in [6, 6.07) is 4.68. The maximum Gasteiger partial charge on any atom is 0.490 e. The second-order valence-electron chi connectivity index (χ2n) is 8.65. The monoisotopic (exact) mass is 523 g/mol. The van der Waals surface area contributed by atoms with Crippen LogP contribution < -0.4 is 20.4 Å². The van der Waals surface area contributed by atoms with E-state index in [-0.39, 0.29) is 11.7 Å². The average molecular weight is 523 g/mol. The van der Waals surface area contributed by atoms with Gasteiger partial charge in [-0.3, -0.25) is 9.58 Å². The molecule has 10 nitrogen and oxygen atoms in total. The third kappa shape index (κ3) is 5.74. The number of rotatable bonds is 2. The number of pyridine rings is 1. The van der Waals surface area contributed by atoms with Crippen molar-refractivity contribution in [2.45, 2.75) is 19.5 Å². The van der Waals surface area contributed by atoms with Crippen molar-refractivity contribution in [1.29, 1.82) is 0 Å². The van der Waals surface area contributed by atoms with E-state index in [1.54, 1.807) is 28.9 Å². The number of piperazine rings is 1. The van der Waals surface area contributed by atoms with Gasteiger partial charge in [-0.1, -0.05) is 0 Å². The lowest BCUT2D eigenvalue weighted by atomic mass is 10.1. The lowest BCUT2D eigenvalue weighted by molar-refractivity contribution is -0.192. The number of urea groups is 1. The van der Waals surface area contributed by atoms with Gasteiger partial charge in [-0.15, -0.1) is 0 Å². The highest BCUT2D eigenvalue weighted by Gasteiger charge is 2.38. The van der Waals surface area contributed by atoms with Gasteiger partial charge < -0.3 is 20.6 Å². The molecule has 1 aromatic carbocycles. The Morgan fingerprint density at radius 3 is 2.46 bits per heavy atom. The number of halogens is 4. The summed E-state index contributed by atoms with van der Waals surface area (Å²) < 4.78 is 47.9. The molecule has 1 saturated heterocycles. The summed E-state index contributed by atoms with van der Waals surface area (Å²) in [6.45, 7) is 6.20. The second-order valence-corrected chi connectivity index (χ2v) is 8.65. The molecule has 0 aliphatic carbocycles. The molecule has 0 spiro atoms. The van der Waals surface area contributed by atoms with Crippen LogP contribution in [-0.4, -0.2) is 70.8 Å². The van der Waals surface area contributed by atoms with Crippen molar-refractivity contribution >= 4 is 40.1 Å². The largest absolute Gasteiger partial charge is 0.490 e. The molecule has 37 heavy (non-hydrogen) atoms. The number of anilines is 3. The molecule has 4 heterocycles. The Bertz CT molecular complexity index is 1340. The maximum absolute atomic E-state index is 14.5. The predicted molar refractivity (Wildman–Crippen MR) is 128 cm³/mol. The van der Waals surface area contributed by atoms with Crippen LogP contribution in [0.4, 0.5) is 39.5 Å². The highest BCUT2D eigenvalue weighted by atomic mass is 19.4. The number of nitrogens with zero attached hydrogens (tertiary/aromatic N) is 5. The zero-order valence-electron chi connectivity index (χ0n) is 20.1. The van der Waals surface area contributed by atoms with E-state index in [1.165, 1.54) is 6.07 Å². The van der Waals surface area contributed by atoms with E-state index in [9.17, 15) is 22.4 Å². The number of aryl methyl sites for hydroxylation is 2. The normalized spacial score (nSPS) is 15.3. The van der Waals surface area contributed by atoms with Gasteiger partial charge in [0.05, 0.1) is 11.2 Å². The van der Waals surface area contributed by atoms with E-state index in [2.05, 4.69) is 31.7 Å². The number of hydrogen-bond acceptors (Lipinski definition) is 6. The number of amides is 2. The number of fused-ring (bicyclic) bond motifs is 2. The van der Waals surface area contributed by atoms with Crippen LogP contribution in [0.2, 0.25) is 0 Å². The van der Waals surface area contributed by atoms with Crippen molar-refractivity contribution in [1.82, 2.24) is 20.1 Å². The Kier molecular flexibility index (Phi) is 7.21. The van der Waals surface area contributed by atoms with Crippen LogP contribution in [0, 0.1) is 12.7 Å². The number of aromatic nitrogens is 3. The standard InChI is InChI=1S/C21H24FN7O.C2HF3O2/c1-13-9-19(28-7-4-23-5-8-28)15-3-6-29(20(15)24-13)21(30)25-18-10-14-12-27(2)26-17(14)11-16(18)22;3-2(4,5)1(6)7/h9-12,23H,3-8H2,1-2H3,(H,25,30);(H,6,7).